The van der Waals surface area contributed by atoms with Crippen LogP contribution in [0.15, 0.2) is 51.8 Å². The summed E-state index contributed by atoms with van der Waals surface area (Å²) in [4.78, 5) is 17.7. The number of amides is 1. The minimum Gasteiger partial charge on any atom is -0.497 e. The van der Waals surface area contributed by atoms with Crippen LogP contribution in [-0.2, 0) is 4.79 Å². The molecule has 1 N–H and O–H groups in total. The number of rotatable bonds is 5. The maximum absolute atomic E-state index is 12.4. The Morgan fingerprint density at radius 1 is 1.25 bits per heavy atom. The first-order valence-electron chi connectivity index (χ1n) is 7.54. The lowest BCUT2D eigenvalue weighted by Crippen LogP contribution is -2.22. The van der Waals surface area contributed by atoms with Crippen LogP contribution < -0.4 is 10.1 Å². The van der Waals surface area contributed by atoms with Gasteiger partial charge < -0.3 is 14.5 Å². The van der Waals surface area contributed by atoms with Gasteiger partial charge in [0.15, 0.2) is 11.5 Å². The fraction of sp³-hybridized carbons (Fsp3) is 0.222. The molecule has 3 aromatic rings. The van der Waals surface area contributed by atoms with E-state index in [1.165, 1.54) is 11.8 Å². The lowest BCUT2D eigenvalue weighted by Gasteiger charge is -2.12. The van der Waals surface area contributed by atoms with Gasteiger partial charge in [-0.3, -0.25) is 4.79 Å². The average Bonchev–Trinajstić information content (AvgIpc) is 2.94. The van der Waals surface area contributed by atoms with Crippen molar-refractivity contribution in [1.82, 2.24) is 4.98 Å². The third kappa shape index (κ3) is 3.71. The highest BCUT2D eigenvalue weighted by atomic mass is 32.2. The molecule has 1 aromatic heterocycles. The summed E-state index contributed by atoms with van der Waals surface area (Å²) >= 11 is 1.50. The van der Waals surface area contributed by atoms with Crippen LogP contribution in [0, 0.1) is 6.92 Å². The van der Waals surface area contributed by atoms with Crippen molar-refractivity contribution < 1.29 is 13.9 Å². The molecule has 0 saturated carbocycles. The highest BCUT2D eigenvalue weighted by Gasteiger charge is 2.15. The molecule has 24 heavy (non-hydrogen) atoms. The molecular weight excluding hydrogens is 324 g/mol. The van der Waals surface area contributed by atoms with Crippen molar-refractivity contribution in [2.24, 2.45) is 0 Å². The average molecular weight is 342 g/mol. The summed E-state index contributed by atoms with van der Waals surface area (Å²) in [7, 11) is 1.63. The van der Waals surface area contributed by atoms with E-state index in [-0.39, 0.29) is 11.2 Å². The number of nitrogens with zero attached hydrogens (tertiary/aromatic N) is 1. The van der Waals surface area contributed by atoms with Gasteiger partial charge in [-0.2, -0.15) is 0 Å². The molecule has 1 heterocycles. The number of oxazole rings is 1. The van der Waals surface area contributed by atoms with Crippen LogP contribution in [0.1, 0.15) is 12.8 Å². The van der Waals surface area contributed by atoms with Gasteiger partial charge in [0.05, 0.1) is 12.4 Å². The Labute approximate surface area is 144 Å². The zero-order valence-corrected chi connectivity index (χ0v) is 14.5. The van der Waals surface area contributed by atoms with Crippen molar-refractivity contribution in [2.45, 2.75) is 24.0 Å². The number of carbonyl (C=O) groups excluding carboxylic acids is 1. The second kappa shape index (κ2) is 6.97. The Balaban J connectivity index is 1.65. The van der Waals surface area contributed by atoms with Gasteiger partial charge >= 0.3 is 0 Å². The summed E-state index contributed by atoms with van der Waals surface area (Å²) < 4.78 is 10.6. The van der Waals surface area contributed by atoms with Crippen molar-refractivity contribution in [3.63, 3.8) is 0 Å². The van der Waals surface area contributed by atoms with Crippen LogP contribution in [0.2, 0.25) is 0 Å². The lowest BCUT2D eigenvalue weighted by molar-refractivity contribution is -0.115. The molecule has 1 atom stereocenters. The third-order valence-corrected chi connectivity index (χ3v) is 4.62. The topological polar surface area (TPSA) is 64.4 Å². The molecule has 1 amide bonds. The van der Waals surface area contributed by atoms with Gasteiger partial charge in [-0.15, -0.1) is 11.8 Å². The number of benzene rings is 2. The van der Waals surface area contributed by atoms with Crippen LogP contribution >= 0.6 is 11.8 Å². The van der Waals surface area contributed by atoms with E-state index in [4.69, 9.17) is 9.15 Å². The first-order valence-corrected chi connectivity index (χ1v) is 8.42. The van der Waals surface area contributed by atoms with Crippen LogP contribution in [0.5, 0.6) is 5.75 Å². The second-order valence-corrected chi connectivity index (χ2v) is 6.75. The number of methoxy groups -OCH3 is 1. The second-order valence-electron chi connectivity index (χ2n) is 5.34. The molecule has 0 aliphatic carbocycles. The molecule has 0 aliphatic rings. The van der Waals surface area contributed by atoms with Gasteiger partial charge in [-0.25, -0.2) is 4.98 Å². The lowest BCUT2D eigenvalue weighted by atomic mass is 10.3. The normalized spacial score (nSPS) is 12.1. The van der Waals surface area contributed by atoms with E-state index >= 15 is 0 Å². The van der Waals surface area contributed by atoms with E-state index in [1.54, 1.807) is 14.0 Å². The number of thioether (sulfide) groups is 1. The van der Waals surface area contributed by atoms with Gasteiger partial charge in [-0.1, -0.05) is 0 Å². The van der Waals surface area contributed by atoms with E-state index in [9.17, 15) is 4.79 Å². The van der Waals surface area contributed by atoms with Crippen molar-refractivity contribution in [1.29, 1.82) is 0 Å². The smallest absolute Gasteiger partial charge is 0.237 e. The molecule has 0 spiro atoms. The monoisotopic (exact) mass is 342 g/mol. The van der Waals surface area contributed by atoms with Crippen molar-refractivity contribution in [2.75, 3.05) is 12.4 Å². The Kier molecular flexibility index (Phi) is 4.76. The van der Waals surface area contributed by atoms with E-state index < -0.39 is 0 Å². The number of aryl methyl sites for hydroxylation is 1. The fourth-order valence-electron chi connectivity index (χ4n) is 2.28. The number of hydrogen-bond donors (Lipinski definition) is 1. The molecule has 5 nitrogen and oxygen atoms in total. The van der Waals surface area contributed by atoms with E-state index in [1.807, 2.05) is 49.4 Å². The highest BCUT2D eigenvalue weighted by Crippen LogP contribution is 2.26. The Morgan fingerprint density at radius 3 is 2.71 bits per heavy atom. The summed E-state index contributed by atoms with van der Waals surface area (Å²) in [5.74, 6) is 1.35. The Bertz CT molecular complexity index is 858. The maximum Gasteiger partial charge on any atom is 0.237 e. The van der Waals surface area contributed by atoms with Crippen molar-refractivity contribution >= 4 is 34.5 Å². The summed E-state index contributed by atoms with van der Waals surface area (Å²) in [6.45, 7) is 3.68. The summed E-state index contributed by atoms with van der Waals surface area (Å²) in [6, 6.07) is 13.1. The summed E-state index contributed by atoms with van der Waals surface area (Å²) in [6.07, 6.45) is 0. The molecule has 3 rings (SSSR count). The number of ether oxygens (including phenoxy) is 1. The van der Waals surface area contributed by atoms with Gasteiger partial charge in [-0.05, 0) is 49.4 Å². The maximum atomic E-state index is 12.4. The zero-order chi connectivity index (χ0) is 17.1. The quantitative estimate of drug-likeness (QED) is 0.702. The van der Waals surface area contributed by atoms with Crippen molar-refractivity contribution in [3.8, 4) is 5.75 Å². The Hall–Kier alpha value is -2.47. The number of aromatic nitrogens is 1. The first kappa shape index (κ1) is 16.4. The molecule has 6 heteroatoms. The van der Waals surface area contributed by atoms with Crippen LogP contribution in [-0.4, -0.2) is 23.3 Å². The van der Waals surface area contributed by atoms with Gasteiger partial charge in [0.25, 0.3) is 0 Å². The van der Waals surface area contributed by atoms with E-state index in [2.05, 4.69) is 10.3 Å². The molecule has 0 aliphatic heterocycles. The number of fused-ring (bicyclic) bond motifs is 1. The molecule has 0 radical (unpaired) electrons. The van der Waals surface area contributed by atoms with Crippen molar-refractivity contribution in [3.05, 3.63) is 48.4 Å². The van der Waals surface area contributed by atoms with Gasteiger partial charge in [0.1, 0.15) is 11.3 Å². The van der Waals surface area contributed by atoms with Gasteiger partial charge in [0.2, 0.25) is 5.91 Å². The predicted molar refractivity (Wildman–Crippen MR) is 95.7 cm³/mol. The fourth-order valence-corrected chi connectivity index (χ4v) is 3.14. The van der Waals surface area contributed by atoms with E-state index in [0.29, 0.717) is 17.2 Å². The summed E-state index contributed by atoms with van der Waals surface area (Å²) in [5.41, 5.74) is 2.16. The summed E-state index contributed by atoms with van der Waals surface area (Å²) in [5, 5.41) is 2.69. The molecule has 1 unspecified atom stereocenters. The molecular formula is C18H18N2O3S. The number of hydrogen-bond acceptors (Lipinski definition) is 5. The largest absolute Gasteiger partial charge is 0.497 e. The predicted octanol–water partition coefficient (Wildman–Crippen LogP) is 4.26. The highest BCUT2D eigenvalue weighted by molar-refractivity contribution is 8.00. The minimum atomic E-state index is -0.229. The standard InChI is InChI=1S/C18H18N2O3S/c1-11(24-15-7-5-14(22-3)6-8-15)18(21)20-13-4-9-17-16(10-13)19-12(2)23-17/h4-11H,1-3H3,(H,20,21). The van der Waals surface area contributed by atoms with Gasteiger partial charge in [0, 0.05) is 17.5 Å². The molecule has 0 bridgehead atoms. The van der Waals surface area contributed by atoms with Crippen LogP contribution in [0.3, 0.4) is 0 Å². The first-order chi connectivity index (χ1) is 11.5. The SMILES string of the molecule is COc1ccc(SC(C)C(=O)Nc2ccc3oc(C)nc3c2)cc1. The number of anilines is 1. The van der Waals surface area contributed by atoms with Crippen LogP contribution in [0.4, 0.5) is 5.69 Å². The van der Waals surface area contributed by atoms with Crippen LogP contribution in [0.25, 0.3) is 11.1 Å². The molecule has 2 aromatic carbocycles. The molecule has 124 valence electrons. The number of carbonyl (C=O) groups is 1. The van der Waals surface area contributed by atoms with E-state index in [0.717, 1.165) is 16.2 Å². The Morgan fingerprint density at radius 2 is 2.00 bits per heavy atom. The third-order valence-electron chi connectivity index (χ3n) is 3.50. The molecule has 0 saturated heterocycles. The minimum absolute atomic E-state index is 0.0598. The number of nitrogens with one attached hydrogen (secondary N) is 1. The zero-order valence-electron chi connectivity index (χ0n) is 13.7. The molecule has 0 fully saturated rings.